The Balaban J connectivity index is 1.88. The molecule has 0 spiro atoms. The number of benzene rings is 1. The molecule has 1 aromatic rings. The van der Waals surface area contributed by atoms with E-state index in [1.54, 1.807) is 0 Å². The van der Waals surface area contributed by atoms with E-state index in [0.717, 1.165) is 19.3 Å². The van der Waals surface area contributed by atoms with Crippen LogP contribution in [-0.2, 0) is 16.0 Å². The lowest BCUT2D eigenvalue weighted by atomic mass is 9.94. The Morgan fingerprint density at radius 1 is 1.15 bits per heavy atom. The zero-order valence-electron chi connectivity index (χ0n) is 17.5. The third-order valence-electron chi connectivity index (χ3n) is 5.54. The lowest BCUT2D eigenvalue weighted by Crippen LogP contribution is -2.45. The number of amides is 2. The first-order chi connectivity index (χ1) is 12.8. The number of likely N-dealkylation sites (N-methyl/N-ethyl adjacent to an activating group) is 1. The quantitative estimate of drug-likeness (QED) is 0.800. The van der Waals surface area contributed by atoms with Gasteiger partial charge in [-0.1, -0.05) is 45.0 Å². The van der Waals surface area contributed by atoms with Gasteiger partial charge in [0.25, 0.3) is 0 Å². The Kier molecular flexibility index (Phi) is 7.84. The van der Waals surface area contributed by atoms with E-state index in [2.05, 4.69) is 41.4 Å². The fourth-order valence-corrected chi connectivity index (χ4v) is 3.64. The maximum atomic E-state index is 12.6. The van der Waals surface area contributed by atoms with Crippen LogP contribution in [0.15, 0.2) is 24.3 Å². The molecular formula is C22H35N3O2. The van der Waals surface area contributed by atoms with E-state index in [-0.39, 0.29) is 29.7 Å². The largest absolute Gasteiger partial charge is 0.354 e. The van der Waals surface area contributed by atoms with E-state index in [1.807, 2.05) is 32.8 Å². The van der Waals surface area contributed by atoms with Crippen molar-refractivity contribution in [2.75, 3.05) is 33.7 Å². The summed E-state index contributed by atoms with van der Waals surface area (Å²) in [5.41, 5.74) is 2.54. The number of carbonyl (C=O) groups is 2. The molecule has 0 bridgehead atoms. The van der Waals surface area contributed by atoms with Gasteiger partial charge in [0, 0.05) is 31.5 Å². The van der Waals surface area contributed by atoms with Gasteiger partial charge in [0.05, 0.1) is 6.04 Å². The number of aryl methyl sites for hydroxylation is 1. The Morgan fingerprint density at radius 3 is 2.22 bits per heavy atom. The Bertz CT molecular complexity index is 617. The van der Waals surface area contributed by atoms with Crippen molar-refractivity contribution in [2.24, 2.45) is 11.8 Å². The van der Waals surface area contributed by atoms with Crippen molar-refractivity contribution in [1.29, 1.82) is 0 Å². The van der Waals surface area contributed by atoms with Crippen molar-refractivity contribution in [3.8, 4) is 0 Å². The van der Waals surface area contributed by atoms with Crippen LogP contribution in [0.2, 0.25) is 0 Å². The summed E-state index contributed by atoms with van der Waals surface area (Å²) < 4.78 is 0. The van der Waals surface area contributed by atoms with Crippen molar-refractivity contribution in [3.05, 3.63) is 35.4 Å². The smallest absolute Gasteiger partial charge is 0.225 e. The summed E-state index contributed by atoms with van der Waals surface area (Å²) >= 11 is 0. The van der Waals surface area contributed by atoms with E-state index in [9.17, 15) is 9.59 Å². The summed E-state index contributed by atoms with van der Waals surface area (Å²) in [5.74, 6) is 0.336. The van der Waals surface area contributed by atoms with Crippen LogP contribution in [0.5, 0.6) is 0 Å². The first kappa shape index (κ1) is 21.4. The highest BCUT2D eigenvalue weighted by Gasteiger charge is 2.28. The first-order valence-electron chi connectivity index (χ1n) is 10.1. The minimum Gasteiger partial charge on any atom is -0.354 e. The summed E-state index contributed by atoms with van der Waals surface area (Å²) in [4.78, 5) is 28.8. The van der Waals surface area contributed by atoms with Gasteiger partial charge in [-0.2, -0.15) is 0 Å². The van der Waals surface area contributed by atoms with E-state index in [1.165, 1.54) is 11.1 Å². The predicted octanol–water partition coefficient (Wildman–Crippen LogP) is 2.86. The summed E-state index contributed by atoms with van der Waals surface area (Å²) in [6, 6.07) is 8.80. The zero-order valence-corrected chi connectivity index (χ0v) is 17.5. The highest BCUT2D eigenvalue weighted by Crippen LogP contribution is 2.21. The third kappa shape index (κ3) is 5.80. The SMILES string of the molecule is CCc1ccc(C(CNC(=O)C2CCN(C(=O)C(C)C)CC2)N(C)C)cc1. The monoisotopic (exact) mass is 373 g/mol. The highest BCUT2D eigenvalue weighted by atomic mass is 16.2. The first-order valence-corrected chi connectivity index (χ1v) is 10.1. The van der Waals surface area contributed by atoms with Crippen LogP contribution in [0.1, 0.15) is 50.8 Å². The average molecular weight is 374 g/mol. The number of nitrogens with one attached hydrogen (secondary N) is 1. The second kappa shape index (κ2) is 9.88. The molecule has 0 radical (unpaired) electrons. The molecule has 1 fully saturated rings. The molecule has 1 aliphatic rings. The Morgan fingerprint density at radius 2 is 1.74 bits per heavy atom. The van der Waals surface area contributed by atoms with Crippen molar-refractivity contribution in [1.82, 2.24) is 15.1 Å². The van der Waals surface area contributed by atoms with Crippen LogP contribution in [0.4, 0.5) is 0 Å². The Labute approximate surface area is 164 Å². The molecule has 2 rings (SSSR count). The third-order valence-corrected chi connectivity index (χ3v) is 5.54. The van der Waals surface area contributed by atoms with Crippen LogP contribution in [0, 0.1) is 11.8 Å². The predicted molar refractivity (Wildman–Crippen MR) is 109 cm³/mol. The number of piperidine rings is 1. The minimum atomic E-state index is 0.00601. The number of hydrogen-bond donors (Lipinski definition) is 1. The van der Waals surface area contributed by atoms with Crippen molar-refractivity contribution < 1.29 is 9.59 Å². The summed E-state index contributed by atoms with van der Waals surface area (Å²) in [6.45, 7) is 7.97. The van der Waals surface area contributed by atoms with Crippen molar-refractivity contribution in [3.63, 3.8) is 0 Å². The van der Waals surface area contributed by atoms with Gasteiger partial charge in [-0.05, 0) is 44.5 Å². The maximum absolute atomic E-state index is 12.6. The van der Waals surface area contributed by atoms with Crippen LogP contribution >= 0.6 is 0 Å². The molecule has 1 aliphatic heterocycles. The number of carbonyl (C=O) groups excluding carboxylic acids is 2. The molecule has 1 atom stereocenters. The topological polar surface area (TPSA) is 52.7 Å². The van der Waals surface area contributed by atoms with Gasteiger partial charge < -0.3 is 15.1 Å². The van der Waals surface area contributed by atoms with E-state index < -0.39 is 0 Å². The molecule has 1 heterocycles. The van der Waals surface area contributed by atoms with Gasteiger partial charge in [0.15, 0.2) is 0 Å². The van der Waals surface area contributed by atoms with Crippen molar-refractivity contribution >= 4 is 11.8 Å². The van der Waals surface area contributed by atoms with Gasteiger partial charge in [-0.3, -0.25) is 9.59 Å². The number of likely N-dealkylation sites (tertiary alicyclic amines) is 1. The molecule has 2 amide bonds. The molecular weight excluding hydrogens is 338 g/mol. The van der Waals surface area contributed by atoms with Gasteiger partial charge in [0.1, 0.15) is 0 Å². The Hall–Kier alpha value is -1.88. The average Bonchev–Trinajstić information content (AvgIpc) is 2.67. The molecule has 0 aliphatic carbocycles. The summed E-state index contributed by atoms with van der Waals surface area (Å²) in [6.07, 6.45) is 2.53. The second-order valence-electron chi connectivity index (χ2n) is 8.07. The van der Waals surface area contributed by atoms with Crippen LogP contribution in [-0.4, -0.2) is 55.3 Å². The highest BCUT2D eigenvalue weighted by molar-refractivity contribution is 5.80. The summed E-state index contributed by atoms with van der Waals surface area (Å²) in [5, 5.41) is 3.14. The number of rotatable bonds is 7. The molecule has 5 heteroatoms. The molecule has 27 heavy (non-hydrogen) atoms. The lowest BCUT2D eigenvalue weighted by molar-refractivity contribution is -0.138. The lowest BCUT2D eigenvalue weighted by Gasteiger charge is -2.33. The van der Waals surface area contributed by atoms with Crippen molar-refractivity contribution in [2.45, 2.75) is 46.1 Å². The van der Waals surface area contributed by atoms with Gasteiger partial charge in [0.2, 0.25) is 11.8 Å². The zero-order chi connectivity index (χ0) is 20.0. The number of nitrogens with zero attached hydrogens (tertiary/aromatic N) is 2. The minimum absolute atomic E-state index is 0.00601. The van der Waals surface area contributed by atoms with Gasteiger partial charge in [-0.15, -0.1) is 0 Å². The van der Waals surface area contributed by atoms with E-state index >= 15 is 0 Å². The molecule has 1 unspecified atom stereocenters. The van der Waals surface area contributed by atoms with Crippen LogP contribution < -0.4 is 5.32 Å². The van der Waals surface area contributed by atoms with Crippen LogP contribution in [0.25, 0.3) is 0 Å². The molecule has 1 N–H and O–H groups in total. The van der Waals surface area contributed by atoms with E-state index in [0.29, 0.717) is 19.6 Å². The molecule has 0 aromatic heterocycles. The van der Waals surface area contributed by atoms with Gasteiger partial charge >= 0.3 is 0 Å². The molecule has 1 saturated heterocycles. The fourth-order valence-electron chi connectivity index (χ4n) is 3.64. The maximum Gasteiger partial charge on any atom is 0.225 e. The van der Waals surface area contributed by atoms with E-state index in [4.69, 9.17) is 0 Å². The number of hydrogen-bond acceptors (Lipinski definition) is 3. The molecule has 5 nitrogen and oxygen atoms in total. The van der Waals surface area contributed by atoms with Crippen LogP contribution in [0.3, 0.4) is 0 Å². The normalized spacial score (nSPS) is 16.6. The standard InChI is InChI=1S/C22H35N3O2/c1-6-17-7-9-18(10-8-17)20(24(4)5)15-23-21(26)19-11-13-25(14-12-19)22(27)16(2)3/h7-10,16,19-20H,6,11-15H2,1-5H3,(H,23,26). The van der Waals surface area contributed by atoms with Gasteiger partial charge in [-0.25, -0.2) is 0 Å². The summed E-state index contributed by atoms with van der Waals surface area (Å²) in [7, 11) is 4.08. The fraction of sp³-hybridized carbons (Fsp3) is 0.636. The second-order valence-corrected chi connectivity index (χ2v) is 8.07. The molecule has 1 aromatic carbocycles. The molecule has 150 valence electrons. The molecule has 0 saturated carbocycles.